The third kappa shape index (κ3) is 3.39. The van der Waals surface area contributed by atoms with Crippen LogP contribution in [0.1, 0.15) is 23.2 Å². The lowest BCUT2D eigenvalue weighted by Gasteiger charge is -2.12. The Morgan fingerprint density at radius 2 is 2.17 bits per heavy atom. The molecule has 126 valence electrons. The lowest BCUT2D eigenvalue weighted by Crippen LogP contribution is -2.26. The van der Waals surface area contributed by atoms with Gasteiger partial charge >= 0.3 is 0 Å². The van der Waals surface area contributed by atoms with Crippen molar-refractivity contribution in [1.29, 1.82) is 0 Å². The largest absolute Gasteiger partial charge is 0.384 e. The lowest BCUT2D eigenvalue weighted by atomic mass is 10.2. The van der Waals surface area contributed by atoms with Gasteiger partial charge in [0.1, 0.15) is 16.5 Å². The first-order chi connectivity index (χ1) is 11.6. The molecule has 0 saturated carbocycles. The van der Waals surface area contributed by atoms with E-state index in [-0.39, 0.29) is 11.4 Å². The van der Waals surface area contributed by atoms with E-state index in [2.05, 4.69) is 11.9 Å². The predicted molar refractivity (Wildman–Crippen MR) is 94.3 cm³/mol. The van der Waals surface area contributed by atoms with E-state index in [4.69, 9.17) is 4.74 Å². The highest BCUT2D eigenvalue weighted by Crippen LogP contribution is 2.22. The van der Waals surface area contributed by atoms with Gasteiger partial charge in [-0.05, 0) is 30.2 Å². The number of halogens is 1. The van der Waals surface area contributed by atoms with Crippen molar-refractivity contribution < 1.29 is 9.13 Å². The number of hydrogen-bond acceptors (Lipinski definition) is 4. The van der Waals surface area contributed by atoms with E-state index in [1.165, 1.54) is 12.1 Å². The van der Waals surface area contributed by atoms with Crippen LogP contribution in [0.4, 0.5) is 4.39 Å². The Balaban J connectivity index is 2.11. The molecule has 0 saturated heterocycles. The Bertz CT molecular complexity index is 917. The van der Waals surface area contributed by atoms with Gasteiger partial charge in [-0.3, -0.25) is 9.36 Å². The van der Waals surface area contributed by atoms with E-state index in [0.29, 0.717) is 30.8 Å². The zero-order chi connectivity index (χ0) is 17.1. The van der Waals surface area contributed by atoms with E-state index in [1.54, 1.807) is 29.1 Å². The Morgan fingerprint density at radius 1 is 1.33 bits per heavy atom. The molecule has 3 aromatic rings. The minimum Gasteiger partial charge on any atom is -0.384 e. The fraction of sp³-hybridized carbons (Fsp3) is 0.333. The first-order valence-electron chi connectivity index (χ1n) is 7.88. The van der Waals surface area contributed by atoms with Crippen LogP contribution in [0.5, 0.6) is 0 Å². The summed E-state index contributed by atoms with van der Waals surface area (Å²) in [5.41, 5.74) is 0.661. The third-order valence-corrected chi connectivity index (χ3v) is 5.06. The van der Waals surface area contributed by atoms with Crippen LogP contribution < -0.4 is 5.56 Å². The number of thiophene rings is 1. The van der Waals surface area contributed by atoms with Gasteiger partial charge in [-0.1, -0.05) is 19.1 Å². The molecule has 24 heavy (non-hydrogen) atoms. The zero-order valence-corrected chi connectivity index (χ0v) is 14.5. The molecular weight excluding hydrogens is 327 g/mol. The van der Waals surface area contributed by atoms with Crippen molar-refractivity contribution >= 4 is 21.6 Å². The van der Waals surface area contributed by atoms with E-state index < -0.39 is 0 Å². The van der Waals surface area contributed by atoms with Gasteiger partial charge in [0.25, 0.3) is 5.56 Å². The molecule has 2 aromatic heterocycles. The highest BCUT2D eigenvalue weighted by molar-refractivity contribution is 7.18. The molecule has 4 nitrogen and oxygen atoms in total. The second kappa shape index (κ2) is 7.23. The average molecular weight is 346 g/mol. The Labute approximate surface area is 143 Å². The topological polar surface area (TPSA) is 44.1 Å². The third-order valence-electron chi connectivity index (χ3n) is 3.89. The summed E-state index contributed by atoms with van der Waals surface area (Å²) in [5, 5.41) is 0.634. The molecule has 1 aromatic carbocycles. The summed E-state index contributed by atoms with van der Waals surface area (Å²) >= 11 is 1.55. The lowest BCUT2D eigenvalue weighted by molar-refractivity contribution is 0.199. The Kier molecular flexibility index (Phi) is 5.06. The van der Waals surface area contributed by atoms with Crippen molar-refractivity contribution in [2.75, 3.05) is 13.7 Å². The number of rotatable bonds is 6. The minimum atomic E-state index is -0.308. The summed E-state index contributed by atoms with van der Waals surface area (Å²) in [5.74, 6) is 0.361. The van der Waals surface area contributed by atoms with E-state index >= 15 is 0 Å². The molecule has 0 aliphatic carbocycles. The minimum absolute atomic E-state index is 0.0775. The molecule has 0 aliphatic rings. The molecule has 0 spiro atoms. The van der Waals surface area contributed by atoms with Gasteiger partial charge < -0.3 is 4.74 Å². The van der Waals surface area contributed by atoms with Gasteiger partial charge in [0, 0.05) is 18.4 Å². The zero-order valence-electron chi connectivity index (χ0n) is 13.7. The van der Waals surface area contributed by atoms with Gasteiger partial charge in [-0.25, -0.2) is 9.37 Å². The van der Waals surface area contributed by atoms with E-state index in [0.717, 1.165) is 21.7 Å². The van der Waals surface area contributed by atoms with Crippen molar-refractivity contribution in [1.82, 2.24) is 9.55 Å². The van der Waals surface area contributed by atoms with E-state index in [9.17, 15) is 9.18 Å². The van der Waals surface area contributed by atoms with Crippen molar-refractivity contribution in [3.63, 3.8) is 0 Å². The summed E-state index contributed by atoms with van der Waals surface area (Å²) in [6.45, 7) is 2.84. The van der Waals surface area contributed by atoms with Crippen LogP contribution in [0, 0.1) is 5.82 Å². The molecular formula is C18H19FN2O2S. The van der Waals surface area contributed by atoms with Crippen molar-refractivity contribution in [2.45, 2.75) is 26.3 Å². The number of fused-ring (bicyclic) bond motifs is 1. The fourth-order valence-electron chi connectivity index (χ4n) is 2.65. The number of benzene rings is 1. The smallest absolute Gasteiger partial charge is 0.262 e. The summed E-state index contributed by atoms with van der Waals surface area (Å²) in [4.78, 5) is 19.5. The van der Waals surface area contributed by atoms with Crippen LogP contribution in [0.15, 0.2) is 35.1 Å². The number of methoxy groups -OCH3 is 1. The predicted octanol–water partition coefficient (Wildman–Crippen LogP) is 3.40. The van der Waals surface area contributed by atoms with Crippen LogP contribution in [-0.4, -0.2) is 23.3 Å². The average Bonchev–Trinajstić information content (AvgIpc) is 2.99. The maximum absolute atomic E-state index is 13.5. The summed E-state index contributed by atoms with van der Waals surface area (Å²) in [7, 11) is 1.62. The SMILES string of the molecule is CCc1cc2c(=O)n(Cc3cccc(F)c3)c(CCOC)nc2s1. The molecule has 0 aliphatic heterocycles. The van der Waals surface area contributed by atoms with Gasteiger partial charge in [0.2, 0.25) is 0 Å². The molecule has 3 rings (SSSR count). The first kappa shape index (κ1) is 16.8. The molecule has 0 bridgehead atoms. The Hall–Kier alpha value is -2.05. The second-order valence-corrected chi connectivity index (χ2v) is 6.69. The van der Waals surface area contributed by atoms with Crippen LogP contribution in [0.3, 0.4) is 0 Å². The summed E-state index contributed by atoms with van der Waals surface area (Å²) in [6, 6.07) is 8.21. The maximum atomic E-state index is 13.5. The standard InChI is InChI=1S/C18H19FN2O2S/c1-3-14-10-15-17(24-14)20-16(7-8-23-2)21(18(15)22)11-12-5-4-6-13(19)9-12/h4-6,9-10H,3,7-8,11H2,1-2H3. The Morgan fingerprint density at radius 3 is 2.88 bits per heavy atom. The van der Waals surface area contributed by atoms with Gasteiger partial charge in [-0.15, -0.1) is 11.3 Å². The quantitative estimate of drug-likeness (QED) is 0.687. The molecule has 0 fully saturated rings. The highest BCUT2D eigenvalue weighted by Gasteiger charge is 2.14. The molecule has 0 amide bonds. The van der Waals surface area contributed by atoms with Crippen LogP contribution in [0.2, 0.25) is 0 Å². The van der Waals surface area contributed by atoms with Gasteiger partial charge in [0.05, 0.1) is 18.5 Å². The molecule has 2 heterocycles. The second-order valence-electron chi connectivity index (χ2n) is 5.58. The normalized spacial score (nSPS) is 11.3. The fourth-order valence-corrected chi connectivity index (χ4v) is 3.62. The maximum Gasteiger partial charge on any atom is 0.262 e. The van der Waals surface area contributed by atoms with Crippen molar-refractivity contribution in [3.05, 3.63) is 62.8 Å². The number of nitrogens with zero attached hydrogens (tertiary/aromatic N) is 2. The van der Waals surface area contributed by atoms with Crippen LogP contribution in [-0.2, 0) is 24.1 Å². The van der Waals surface area contributed by atoms with Gasteiger partial charge in [-0.2, -0.15) is 0 Å². The molecule has 0 N–H and O–H groups in total. The van der Waals surface area contributed by atoms with Gasteiger partial charge in [0.15, 0.2) is 0 Å². The monoisotopic (exact) mass is 346 g/mol. The summed E-state index contributed by atoms with van der Waals surface area (Å²) in [6.07, 6.45) is 1.41. The van der Waals surface area contributed by atoms with Crippen molar-refractivity contribution in [2.24, 2.45) is 0 Å². The molecule has 0 unspecified atom stereocenters. The van der Waals surface area contributed by atoms with Crippen LogP contribution in [0.25, 0.3) is 10.2 Å². The molecule has 6 heteroatoms. The van der Waals surface area contributed by atoms with Crippen molar-refractivity contribution in [3.8, 4) is 0 Å². The van der Waals surface area contributed by atoms with Crippen LogP contribution >= 0.6 is 11.3 Å². The molecule has 0 radical (unpaired) electrons. The number of aryl methyl sites for hydroxylation is 1. The molecule has 0 atom stereocenters. The van der Waals surface area contributed by atoms with E-state index in [1.807, 2.05) is 12.1 Å². The summed E-state index contributed by atoms with van der Waals surface area (Å²) < 4.78 is 20.2. The number of aromatic nitrogens is 2. The first-order valence-corrected chi connectivity index (χ1v) is 8.69. The number of hydrogen-bond donors (Lipinski definition) is 0. The number of ether oxygens (including phenoxy) is 1. The highest BCUT2D eigenvalue weighted by atomic mass is 32.1.